The summed E-state index contributed by atoms with van der Waals surface area (Å²) >= 11 is 1.09. The van der Waals surface area contributed by atoms with Gasteiger partial charge in [0, 0.05) is 24.9 Å². The molecule has 2 aromatic heterocycles. The molecule has 1 aliphatic rings. The summed E-state index contributed by atoms with van der Waals surface area (Å²) in [6.07, 6.45) is 3.19. The molecule has 180 valence electrons. The Morgan fingerprint density at radius 1 is 1.24 bits per heavy atom. The van der Waals surface area contributed by atoms with Crippen LogP contribution in [0.1, 0.15) is 23.1 Å². The lowest BCUT2D eigenvalue weighted by Crippen LogP contribution is -2.41. The second-order valence-electron chi connectivity index (χ2n) is 7.90. The summed E-state index contributed by atoms with van der Waals surface area (Å²) in [6.45, 7) is -0.404. The van der Waals surface area contributed by atoms with E-state index in [9.17, 15) is 22.4 Å². The van der Waals surface area contributed by atoms with Crippen molar-refractivity contribution in [3.8, 4) is 11.1 Å². The zero-order chi connectivity index (χ0) is 24.3. The number of carbonyl (C=O) groups excluding carboxylic acids is 2. The third kappa shape index (κ3) is 5.75. The van der Waals surface area contributed by atoms with Crippen LogP contribution in [0.4, 0.5) is 4.39 Å². The van der Waals surface area contributed by atoms with Gasteiger partial charge in [-0.15, -0.1) is 11.3 Å². The Morgan fingerprint density at radius 3 is 2.68 bits per heavy atom. The van der Waals surface area contributed by atoms with Crippen LogP contribution in [0.15, 0.2) is 36.5 Å². The number of hydrogen-bond acceptors (Lipinski definition) is 8. The number of carbonyl (C=O) groups is 2. The topological polar surface area (TPSA) is 127 Å². The molecule has 2 heterocycles. The summed E-state index contributed by atoms with van der Waals surface area (Å²) in [7, 11) is -2.61. The number of aromatic nitrogens is 2. The quantitative estimate of drug-likeness (QED) is 0.403. The number of nitrogens with one attached hydrogen (secondary N) is 2. The third-order valence-corrected chi connectivity index (χ3v) is 8.37. The number of benzene rings is 1. The second-order valence-corrected chi connectivity index (χ2v) is 11.2. The predicted molar refractivity (Wildman–Crippen MR) is 125 cm³/mol. The van der Waals surface area contributed by atoms with Crippen LogP contribution in [0.5, 0.6) is 0 Å². The SMILES string of the molecule is COCCS(=O)(=O)C(C(=O)NCC(=O)NC1CC1)c1nc2cc(-c3ccc(F)nc3)ccc2s1. The number of halogens is 1. The molecule has 0 spiro atoms. The molecule has 1 atom stereocenters. The van der Waals surface area contributed by atoms with Crippen molar-refractivity contribution in [2.75, 3.05) is 26.0 Å². The number of rotatable bonds is 10. The van der Waals surface area contributed by atoms with Gasteiger partial charge in [0.25, 0.3) is 0 Å². The van der Waals surface area contributed by atoms with Gasteiger partial charge in [-0.2, -0.15) is 4.39 Å². The molecule has 1 aliphatic carbocycles. The Labute approximate surface area is 199 Å². The number of fused-ring (bicyclic) bond motifs is 1. The first-order valence-corrected chi connectivity index (χ1v) is 13.1. The van der Waals surface area contributed by atoms with E-state index >= 15 is 0 Å². The van der Waals surface area contributed by atoms with Crippen molar-refractivity contribution in [1.82, 2.24) is 20.6 Å². The first kappa shape index (κ1) is 24.2. The minimum atomic E-state index is -3.98. The second kappa shape index (κ2) is 10.1. The van der Waals surface area contributed by atoms with E-state index in [1.165, 1.54) is 19.4 Å². The number of hydrogen-bond donors (Lipinski definition) is 2. The standard InChI is InChI=1S/C22H23FN4O5S2/c1-32-8-9-34(30,31)20(21(29)25-12-19(28)26-15-4-5-15)22-27-16-10-13(2-6-17(16)33-22)14-3-7-18(23)24-11-14/h2-3,6-7,10-11,15,20H,4-5,8-9,12H2,1H3,(H,25,29)(H,26,28). The molecule has 0 saturated heterocycles. The van der Waals surface area contributed by atoms with E-state index < -0.39 is 26.9 Å². The summed E-state index contributed by atoms with van der Waals surface area (Å²) < 4.78 is 44.8. The Hall–Kier alpha value is -2.96. The van der Waals surface area contributed by atoms with Gasteiger partial charge in [-0.05, 0) is 42.7 Å². The van der Waals surface area contributed by atoms with Gasteiger partial charge >= 0.3 is 0 Å². The van der Waals surface area contributed by atoms with Crippen LogP contribution in [0.2, 0.25) is 0 Å². The van der Waals surface area contributed by atoms with Gasteiger partial charge in [-0.3, -0.25) is 9.59 Å². The number of sulfone groups is 1. The number of thiazole rings is 1. The molecule has 1 fully saturated rings. The Kier molecular flexibility index (Phi) is 7.19. The van der Waals surface area contributed by atoms with E-state index in [2.05, 4.69) is 20.6 Å². The van der Waals surface area contributed by atoms with Gasteiger partial charge in [0.15, 0.2) is 15.1 Å². The highest BCUT2D eigenvalue weighted by Crippen LogP contribution is 2.33. The lowest BCUT2D eigenvalue weighted by atomic mass is 10.1. The lowest BCUT2D eigenvalue weighted by molar-refractivity contribution is -0.126. The van der Waals surface area contributed by atoms with Crippen molar-refractivity contribution in [2.24, 2.45) is 0 Å². The van der Waals surface area contributed by atoms with Crippen molar-refractivity contribution in [3.63, 3.8) is 0 Å². The van der Waals surface area contributed by atoms with Crippen LogP contribution in [0.3, 0.4) is 0 Å². The maximum atomic E-state index is 13.2. The molecular weight excluding hydrogens is 483 g/mol. The minimum Gasteiger partial charge on any atom is -0.384 e. The monoisotopic (exact) mass is 506 g/mol. The van der Waals surface area contributed by atoms with E-state index in [4.69, 9.17) is 4.74 Å². The molecule has 0 bridgehead atoms. The number of nitrogens with zero attached hydrogens (tertiary/aromatic N) is 2. The van der Waals surface area contributed by atoms with Crippen molar-refractivity contribution in [1.29, 1.82) is 0 Å². The number of ether oxygens (including phenoxy) is 1. The molecule has 1 aromatic carbocycles. The summed E-state index contributed by atoms with van der Waals surface area (Å²) in [6, 6.07) is 8.22. The van der Waals surface area contributed by atoms with Crippen molar-refractivity contribution in [3.05, 3.63) is 47.5 Å². The van der Waals surface area contributed by atoms with E-state index in [0.717, 1.165) is 29.7 Å². The largest absolute Gasteiger partial charge is 0.384 e. The highest BCUT2D eigenvalue weighted by atomic mass is 32.2. The lowest BCUT2D eigenvalue weighted by Gasteiger charge is -2.15. The Morgan fingerprint density at radius 2 is 2.00 bits per heavy atom. The minimum absolute atomic E-state index is 0.0825. The summed E-state index contributed by atoms with van der Waals surface area (Å²) in [5, 5.41) is 3.70. The number of pyridine rings is 1. The van der Waals surface area contributed by atoms with Gasteiger partial charge in [-0.25, -0.2) is 18.4 Å². The highest BCUT2D eigenvalue weighted by Gasteiger charge is 2.37. The molecule has 1 unspecified atom stereocenters. The van der Waals surface area contributed by atoms with Crippen LogP contribution >= 0.6 is 11.3 Å². The summed E-state index contributed by atoms with van der Waals surface area (Å²) in [5.41, 5.74) is 1.88. The average Bonchev–Trinajstić information content (AvgIpc) is 3.52. The fourth-order valence-corrected chi connectivity index (χ4v) is 6.21. The Bertz CT molecular complexity index is 1310. The normalized spacial score (nSPS) is 14.6. The van der Waals surface area contributed by atoms with Crippen LogP contribution < -0.4 is 10.6 Å². The number of methoxy groups -OCH3 is 1. The molecule has 0 aliphatic heterocycles. The molecule has 12 heteroatoms. The smallest absolute Gasteiger partial charge is 0.245 e. The van der Waals surface area contributed by atoms with E-state index in [1.807, 2.05) is 0 Å². The van der Waals surface area contributed by atoms with Crippen molar-refractivity contribution in [2.45, 2.75) is 24.1 Å². The van der Waals surface area contributed by atoms with Crippen LogP contribution in [0, 0.1) is 5.95 Å². The summed E-state index contributed by atoms with van der Waals surface area (Å²) in [4.78, 5) is 33.0. The summed E-state index contributed by atoms with van der Waals surface area (Å²) in [5.74, 6) is -2.16. The zero-order valence-electron chi connectivity index (χ0n) is 18.3. The maximum absolute atomic E-state index is 13.2. The van der Waals surface area contributed by atoms with Gasteiger partial charge in [0.2, 0.25) is 17.8 Å². The van der Waals surface area contributed by atoms with E-state index in [0.29, 0.717) is 15.8 Å². The van der Waals surface area contributed by atoms with Crippen LogP contribution in [-0.4, -0.2) is 62.3 Å². The number of amides is 2. The molecule has 9 nitrogen and oxygen atoms in total. The first-order valence-electron chi connectivity index (χ1n) is 10.6. The molecule has 0 radical (unpaired) electrons. The zero-order valence-corrected chi connectivity index (χ0v) is 19.9. The highest BCUT2D eigenvalue weighted by molar-refractivity contribution is 7.92. The first-order chi connectivity index (χ1) is 16.3. The van der Waals surface area contributed by atoms with Crippen molar-refractivity contribution >= 4 is 43.2 Å². The van der Waals surface area contributed by atoms with Crippen molar-refractivity contribution < 1.29 is 27.1 Å². The van der Waals surface area contributed by atoms with Gasteiger partial charge < -0.3 is 15.4 Å². The van der Waals surface area contributed by atoms with E-state index in [-0.39, 0.29) is 35.9 Å². The van der Waals surface area contributed by atoms with Gasteiger partial charge in [-0.1, -0.05) is 6.07 Å². The van der Waals surface area contributed by atoms with Crippen LogP contribution in [0.25, 0.3) is 21.3 Å². The fraction of sp³-hybridized carbons (Fsp3) is 0.364. The average molecular weight is 507 g/mol. The molecule has 34 heavy (non-hydrogen) atoms. The predicted octanol–water partition coefficient (Wildman–Crippen LogP) is 1.99. The van der Waals surface area contributed by atoms with E-state index in [1.54, 1.807) is 24.3 Å². The van der Waals surface area contributed by atoms with Gasteiger partial charge in [0.1, 0.15) is 5.01 Å². The molecule has 4 rings (SSSR count). The Balaban J connectivity index is 1.62. The molecule has 2 N–H and O–H groups in total. The molecule has 3 aromatic rings. The molecular formula is C22H23FN4O5S2. The van der Waals surface area contributed by atoms with Gasteiger partial charge in [0.05, 0.1) is 29.1 Å². The van der Waals surface area contributed by atoms with Crippen LogP contribution in [-0.2, 0) is 24.2 Å². The molecule has 1 saturated carbocycles. The fourth-order valence-electron chi connectivity index (χ4n) is 3.30. The molecule has 2 amide bonds. The maximum Gasteiger partial charge on any atom is 0.245 e. The third-order valence-electron chi connectivity index (χ3n) is 5.22.